The molecule has 2 aliphatic heterocycles. The average molecular weight is 268 g/mol. The molecular formula is C16H20N4. The van der Waals surface area contributed by atoms with E-state index in [0.717, 1.165) is 48.1 Å². The van der Waals surface area contributed by atoms with Gasteiger partial charge in [-0.05, 0) is 44.4 Å². The first-order valence-corrected chi connectivity index (χ1v) is 7.53. The SMILES string of the molecule is Cc1nc2ccccc2nc1N1C[C@@H]2CCCN[C@@H]2C1. The van der Waals surface area contributed by atoms with Gasteiger partial charge in [-0.1, -0.05) is 12.1 Å². The molecule has 0 saturated carbocycles. The standard InChI is InChI=1S/C16H20N4/c1-11-16(19-14-7-3-2-6-13(14)18-11)20-9-12-5-4-8-17-15(12)10-20/h2-3,6-7,12,15,17H,4-5,8-10H2,1H3/t12-,15+/m0/s1. The fourth-order valence-electron chi connectivity index (χ4n) is 3.60. The van der Waals surface area contributed by atoms with Gasteiger partial charge in [0.2, 0.25) is 0 Å². The maximum atomic E-state index is 4.85. The van der Waals surface area contributed by atoms with Gasteiger partial charge in [0.05, 0.1) is 16.7 Å². The van der Waals surface area contributed by atoms with Crippen molar-refractivity contribution in [3.05, 3.63) is 30.0 Å². The highest BCUT2D eigenvalue weighted by molar-refractivity contribution is 5.76. The van der Waals surface area contributed by atoms with Crippen LogP contribution in [0.25, 0.3) is 11.0 Å². The summed E-state index contributed by atoms with van der Waals surface area (Å²) in [6, 6.07) is 8.76. The molecule has 0 spiro atoms. The molecule has 0 bridgehead atoms. The summed E-state index contributed by atoms with van der Waals surface area (Å²) >= 11 is 0. The molecule has 0 aliphatic carbocycles. The van der Waals surface area contributed by atoms with Gasteiger partial charge in [-0.3, -0.25) is 0 Å². The second kappa shape index (κ2) is 4.70. The molecule has 2 aromatic rings. The van der Waals surface area contributed by atoms with Gasteiger partial charge in [-0.15, -0.1) is 0 Å². The van der Waals surface area contributed by atoms with E-state index >= 15 is 0 Å². The van der Waals surface area contributed by atoms with Gasteiger partial charge in [0, 0.05) is 19.1 Å². The number of benzene rings is 1. The van der Waals surface area contributed by atoms with Crippen LogP contribution in [0.4, 0.5) is 5.82 Å². The second-order valence-corrected chi connectivity index (χ2v) is 5.99. The van der Waals surface area contributed by atoms with Crippen molar-refractivity contribution in [1.29, 1.82) is 0 Å². The number of nitrogens with one attached hydrogen (secondary N) is 1. The molecule has 2 fully saturated rings. The van der Waals surface area contributed by atoms with Crippen LogP contribution in [0.1, 0.15) is 18.5 Å². The molecule has 2 saturated heterocycles. The highest BCUT2D eigenvalue weighted by Crippen LogP contribution is 2.30. The van der Waals surface area contributed by atoms with Gasteiger partial charge in [0.1, 0.15) is 0 Å². The normalized spacial score (nSPS) is 25.9. The minimum Gasteiger partial charge on any atom is -0.353 e. The Morgan fingerprint density at radius 1 is 1.15 bits per heavy atom. The Balaban J connectivity index is 1.70. The second-order valence-electron chi connectivity index (χ2n) is 5.99. The van der Waals surface area contributed by atoms with E-state index in [-0.39, 0.29) is 0 Å². The van der Waals surface area contributed by atoms with E-state index in [1.807, 2.05) is 24.3 Å². The van der Waals surface area contributed by atoms with Crippen LogP contribution in [-0.4, -0.2) is 35.6 Å². The zero-order chi connectivity index (χ0) is 13.5. The van der Waals surface area contributed by atoms with Crippen molar-refractivity contribution in [2.45, 2.75) is 25.8 Å². The van der Waals surface area contributed by atoms with Crippen LogP contribution < -0.4 is 10.2 Å². The van der Waals surface area contributed by atoms with Crippen molar-refractivity contribution >= 4 is 16.9 Å². The summed E-state index contributed by atoms with van der Waals surface area (Å²) in [5.74, 6) is 1.84. The number of hydrogen-bond donors (Lipinski definition) is 1. The lowest BCUT2D eigenvalue weighted by Gasteiger charge is -2.24. The van der Waals surface area contributed by atoms with Crippen molar-refractivity contribution < 1.29 is 0 Å². The van der Waals surface area contributed by atoms with Crippen molar-refractivity contribution in [3.63, 3.8) is 0 Å². The third-order valence-electron chi connectivity index (χ3n) is 4.62. The minimum absolute atomic E-state index is 0.636. The third kappa shape index (κ3) is 1.95. The Hall–Kier alpha value is -1.68. The topological polar surface area (TPSA) is 41.1 Å². The van der Waals surface area contributed by atoms with Crippen LogP contribution in [0.2, 0.25) is 0 Å². The highest BCUT2D eigenvalue weighted by Gasteiger charge is 2.35. The summed E-state index contributed by atoms with van der Waals surface area (Å²) in [5, 5.41) is 3.65. The largest absolute Gasteiger partial charge is 0.353 e. The maximum Gasteiger partial charge on any atom is 0.150 e. The Kier molecular flexibility index (Phi) is 2.84. The summed E-state index contributed by atoms with van der Waals surface area (Å²) in [6.45, 7) is 5.42. The Labute approximate surface area is 119 Å². The van der Waals surface area contributed by atoms with Gasteiger partial charge in [0.25, 0.3) is 0 Å². The summed E-state index contributed by atoms with van der Waals surface area (Å²) in [7, 11) is 0. The predicted octanol–water partition coefficient (Wildman–Crippen LogP) is 2.13. The molecule has 1 aromatic heterocycles. The van der Waals surface area contributed by atoms with E-state index in [0.29, 0.717) is 6.04 Å². The number of anilines is 1. The lowest BCUT2D eigenvalue weighted by atomic mass is 9.94. The Morgan fingerprint density at radius 2 is 1.95 bits per heavy atom. The molecule has 4 rings (SSSR count). The van der Waals surface area contributed by atoms with Crippen LogP contribution >= 0.6 is 0 Å². The van der Waals surface area contributed by atoms with E-state index in [1.165, 1.54) is 12.8 Å². The number of fused-ring (bicyclic) bond motifs is 2. The van der Waals surface area contributed by atoms with Gasteiger partial charge in [-0.25, -0.2) is 9.97 Å². The lowest BCUT2D eigenvalue weighted by molar-refractivity contribution is 0.340. The van der Waals surface area contributed by atoms with Gasteiger partial charge in [-0.2, -0.15) is 0 Å². The number of hydrogen-bond acceptors (Lipinski definition) is 4. The van der Waals surface area contributed by atoms with E-state index in [2.05, 4.69) is 17.1 Å². The molecule has 3 heterocycles. The van der Waals surface area contributed by atoms with Crippen LogP contribution in [0.15, 0.2) is 24.3 Å². The monoisotopic (exact) mass is 268 g/mol. The molecule has 2 atom stereocenters. The number of nitrogens with zero attached hydrogens (tertiary/aromatic N) is 3. The first-order valence-electron chi connectivity index (χ1n) is 7.53. The van der Waals surface area contributed by atoms with E-state index in [1.54, 1.807) is 0 Å². The van der Waals surface area contributed by atoms with Crippen LogP contribution in [0.5, 0.6) is 0 Å². The quantitative estimate of drug-likeness (QED) is 0.860. The van der Waals surface area contributed by atoms with Gasteiger partial charge < -0.3 is 10.2 Å². The number of para-hydroxylation sites is 2. The third-order valence-corrected chi connectivity index (χ3v) is 4.62. The zero-order valence-corrected chi connectivity index (χ0v) is 11.8. The summed E-state index contributed by atoms with van der Waals surface area (Å²) < 4.78 is 0. The molecule has 104 valence electrons. The minimum atomic E-state index is 0.636. The average Bonchev–Trinajstić information content (AvgIpc) is 2.90. The summed E-state index contributed by atoms with van der Waals surface area (Å²) in [4.78, 5) is 12.0. The first kappa shape index (κ1) is 12.1. The number of aromatic nitrogens is 2. The molecular weight excluding hydrogens is 248 g/mol. The number of rotatable bonds is 1. The molecule has 4 nitrogen and oxygen atoms in total. The zero-order valence-electron chi connectivity index (χ0n) is 11.8. The van der Waals surface area contributed by atoms with E-state index in [4.69, 9.17) is 9.97 Å². The van der Waals surface area contributed by atoms with Gasteiger partial charge >= 0.3 is 0 Å². The fraction of sp³-hybridized carbons (Fsp3) is 0.500. The van der Waals surface area contributed by atoms with Crippen molar-refractivity contribution in [2.75, 3.05) is 24.5 Å². The highest BCUT2D eigenvalue weighted by atomic mass is 15.3. The first-order chi connectivity index (χ1) is 9.81. The smallest absolute Gasteiger partial charge is 0.150 e. The Bertz CT molecular complexity index is 625. The molecule has 0 amide bonds. The predicted molar refractivity (Wildman–Crippen MR) is 81.0 cm³/mol. The van der Waals surface area contributed by atoms with Crippen molar-refractivity contribution in [3.8, 4) is 0 Å². The molecule has 1 aromatic carbocycles. The number of piperidine rings is 1. The molecule has 4 heteroatoms. The Morgan fingerprint density at radius 3 is 2.75 bits per heavy atom. The van der Waals surface area contributed by atoms with Crippen LogP contribution in [0.3, 0.4) is 0 Å². The van der Waals surface area contributed by atoms with E-state index < -0.39 is 0 Å². The molecule has 0 unspecified atom stereocenters. The van der Waals surface area contributed by atoms with Crippen LogP contribution in [0, 0.1) is 12.8 Å². The molecule has 2 aliphatic rings. The number of aryl methyl sites for hydroxylation is 1. The molecule has 20 heavy (non-hydrogen) atoms. The summed E-state index contributed by atoms with van der Waals surface area (Å²) in [5.41, 5.74) is 3.03. The molecule has 1 N–H and O–H groups in total. The van der Waals surface area contributed by atoms with E-state index in [9.17, 15) is 0 Å². The fourth-order valence-corrected chi connectivity index (χ4v) is 3.60. The molecule has 0 radical (unpaired) electrons. The maximum absolute atomic E-state index is 4.85. The van der Waals surface area contributed by atoms with Crippen molar-refractivity contribution in [1.82, 2.24) is 15.3 Å². The lowest BCUT2D eigenvalue weighted by Crippen LogP contribution is -2.40. The summed E-state index contributed by atoms with van der Waals surface area (Å²) in [6.07, 6.45) is 2.64. The van der Waals surface area contributed by atoms with Crippen molar-refractivity contribution in [2.24, 2.45) is 5.92 Å². The van der Waals surface area contributed by atoms with Gasteiger partial charge in [0.15, 0.2) is 5.82 Å². The van der Waals surface area contributed by atoms with Crippen LogP contribution in [-0.2, 0) is 0 Å².